The Labute approximate surface area is 137 Å². The lowest BCUT2D eigenvalue weighted by molar-refractivity contribution is -0.383. The van der Waals surface area contributed by atoms with Crippen LogP contribution in [0.2, 0.25) is 0 Å². The molecule has 2 aliphatic heterocycles. The van der Waals surface area contributed by atoms with Crippen molar-refractivity contribution in [1.82, 2.24) is 6.15 Å². The van der Waals surface area contributed by atoms with E-state index >= 15 is 0 Å². The third-order valence-electron chi connectivity index (χ3n) is 4.07. The Morgan fingerprint density at radius 3 is 1.83 bits per heavy atom. The molecule has 144 valence electrons. The number of aliphatic hydroxyl groups is 8. The van der Waals surface area contributed by atoms with Crippen LogP contribution >= 0.6 is 0 Å². The van der Waals surface area contributed by atoms with E-state index in [0.29, 0.717) is 0 Å². The molecule has 12 heteroatoms. The van der Waals surface area contributed by atoms with Crippen LogP contribution in [0.5, 0.6) is 0 Å². The zero-order chi connectivity index (χ0) is 17.4. The average molecular weight is 359 g/mol. The Morgan fingerprint density at radius 1 is 0.792 bits per heavy atom. The van der Waals surface area contributed by atoms with E-state index in [9.17, 15) is 30.6 Å². The van der Waals surface area contributed by atoms with Crippen molar-refractivity contribution in [2.45, 2.75) is 54.8 Å². The van der Waals surface area contributed by atoms with Crippen molar-refractivity contribution >= 4 is 0 Å². The standard InChI is InChI=1S/C12H22O11.H3N/c13-1-4-6(16)8(18)9(19)11(21-4)23-12(3-15)10(20)7(17)5(2-14)22-12;/h4-11,13-20H,1-3H2;1H3/t4-,5-,6-,7-,8+,9-,10+,11-,12+;/m1./s1. The minimum absolute atomic E-state index is 0. The maximum atomic E-state index is 10.00. The summed E-state index contributed by atoms with van der Waals surface area (Å²) in [7, 11) is 0. The van der Waals surface area contributed by atoms with Gasteiger partial charge in [0.05, 0.1) is 13.2 Å². The molecule has 0 spiro atoms. The van der Waals surface area contributed by atoms with Gasteiger partial charge in [0.2, 0.25) is 5.79 Å². The second kappa shape index (κ2) is 8.27. The SMILES string of the molecule is N.OC[C@H]1O[C@@](CO)(O[C@H]2O[C@H](CO)[C@@H](O)[C@H](O)[C@H]2O)[C@@H](O)[C@@H]1O. The summed E-state index contributed by atoms with van der Waals surface area (Å²) in [5.74, 6) is -2.22. The summed E-state index contributed by atoms with van der Waals surface area (Å²) in [6, 6.07) is 0. The van der Waals surface area contributed by atoms with Crippen LogP contribution in [0.3, 0.4) is 0 Å². The fraction of sp³-hybridized carbons (Fsp3) is 1.00. The molecule has 12 nitrogen and oxygen atoms in total. The van der Waals surface area contributed by atoms with Crippen molar-refractivity contribution in [3.8, 4) is 0 Å². The van der Waals surface area contributed by atoms with Crippen LogP contribution in [0, 0.1) is 0 Å². The van der Waals surface area contributed by atoms with E-state index in [0.717, 1.165) is 0 Å². The molecule has 0 aromatic heterocycles. The molecule has 0 aliphatic carbocycles. The van der Waals surface area contributed by atoms with Gasteiger partial charge in [0.25, 0.3) is 0 Å². The summed E-state index contributed by atoms with van der Waals surface area (Å²) in [6.07, 6.45) is -12.7. The second-order valence-electron chi connectivity index (χ2n) is 5.56. The van der Waals surface area contributed by atoms with Gasteiger partial charge in [-0.15, -0.1) is 0 Å². The molecular formula is C12H25NO11. The van der Waals surface area contributed by atoms with Gasteiger partial charge in [-0.1, -0.05) is 0 Å². The normalized spacial score (nSPS) is 49.0. The van der Waals surface area contributed by atoms with E-state index in [1.54, 1.807) is 0 Å². The zero-order valence-corrected chi connectivity index (χ0v) is 12.7. The van der Waals surface area contributed by atoms with Crippen molar-refractivity contribution in [3.05, 3.63) is 0 Å². The number of ether oxygens (including phenoxy) is 3. The highest BCUT2D eigenvalue weighted by Gasteiger charge is 2.58. The van der Waals surface area contributed by atoms with Crippen LogP contribution in [0.25, 0.3) is 0 Å². The molecule has 0 unspecified atom stereocenters. The first-order chi connectivity index (χ1) is 10.8. The monoisotopic (exact) mass is 359 g/mol. The maximum absolute atomic E-state index is 10.00. The predicted octanol–water partition coefficient (Wildman–Crippen LogP) is -5.23. The molecule has 11 N–H and O–H groups in total. The first-order valence-corrected chi connectivity index (χ1v) is 7.05. The highest BCUT2D eigenvalue weighted by atomic mass is 16.8. The maximum Gasteiger partial charge on any atom is 0.224 e. The van der Waals surface area contributed by atoms with Gasteiger partial charge in [-0.3, -0.25) is 0 Å². The van der Waals surface area contributed by atoms with E-state index in [1.807, 2.05) is 0 Å². The minimum Gasteiger partial charge on any atom is -0.394 e. The van der Waals surface area contributed by atoms with Crippen molar-refractivity contribution < 1.29 is 55.1 Å². The Kier molecular flexibility index (Phi) is 7.43. The fourth-order valence-electron chi connectivity index (χ4n) is 2.63. The van der Waals surface area contributed by atoms with Crippen molar-refractivity contribution in [2.24, 2.45) is 0 Å². The van der Waals surface area contributed by atoms with Crippen molar-refractivity contribution in [1.29, 1.82) is 0 Å². The highest BCUT2D eigenvalue weighted by Crippen LogP contribution is 2.35. The predicted molar refractivity (Wildman–Crippen MR) is 73.7 cm³/mol. The Morgan fingerprint density at radius 2 is 1.38 bits per heavy atom. The van der Waals surface area contributed by atoms with E-state index < -0.39 is 74.6 Å². The van der Waals surface area contributed by atoms with Crippen LogP contribution in [-0.4, -0.2) is 115 Å². The number of aliphatic hydroxyl groups excluding tert-OH is 8. The molecule has 0 saturated carbocycles. The number of hydrogen-bond acceptors (Lipinski definition) is 12. The van der Waals surface area contributed by atoms with Gasteiger partial charge < -0.3 is 61.2 Å². The van der Waals surface area contributed by atoms with Gasteiger partial charge in [0, 0.05) is 0 Å². The lowest BCUT2D eigenvalue weighted by Crippen LogP contribution is -2.62. The quantitative estimate of drug-likeness (QED) is 0.224. The average Bonchev–Trinajstić information content (AvgIpc) is 2.80. The van der Waals surface area contributed by atoms with Gasteiger partial charge in [0.1, 0.15) is 49.3 Å². The van der Waals surface area contributed by atoms with Gasteiger partial charge in [0.15, 0.2) is 6.29 Å². The molecule has 2 aliphatic rings. The van der Waals surface area contributed by atoms with Crippen LogP contribution in [0.15, 0.2) is 0 Å². The first-order valence-electron chi connectivity index (χ1n) is 7.05. The van der Waals surface area contributed by atoms with Crippen LogP contribution in [0.1, 0.15) is 0 Å². The lowest BCUT2D eigenvalue weighted by atomic mass is 9.99. The largest absolute Gasteiger partial charge is 0.394 e. The third-order valence-corrected chi connectivity index (χ3v) is 4.07. The van der Waals surface area contributed by atoms with E-state index in [1.165, 1.54) is 0 Å². The van der Waals surface area contributed by atoms with Gasteiger partial charge >= 0.3 is 0 Å². The summed E-state index contributed by atoms with van der Waals surface area (Å²) < 4.78 is 15.4. The molecule has 0 aromatic rings. The summed E-state index contributed by atoms with van der Waals surface area (Å²) in [5, 5.41) is 76.7. The zero-order valence-electron chi connectivity index (χ0n) is 12.7. The summed E-state index contributed by atoms with van der Waals surface area (Å²) >= 11 is 0. The molecule has 2 rings (SSSR count). The smallest absolute Gasteiger partial charge is 0.224 e. The van der Waals surface area contributed by atoms with Crippen LogP contribution < -0.4 is 6.15 Å². The van der Waals surface area contributed by atoms with Crippen LogP contribution in [-0.2, 0) is 14.2 Å². The van der Waals surface area contributed by atoms with Gasteiger partial charge in [-0.05, 0) is 0 Å². The number of rotatable bonds is 5. The molecule has 2 fully saturated rings. The first kappa shape index (κ1) is 21.6. The van der Waals surface area contributed by atoms with Crippen LogP contribution in [0.4, 0.5) is 0 Å². The Hall–Kier alpha value is -0.480. The molecular weight excluding hydrogens is 334 g/mol. The fourth-order valence-corrected chi connectivity index (χ4v) is 2.63. The molecule has 24 heavy (non-hydrogen) atoms. The third kappa shape index (κ3) is 3.55. The lowest BCUT2D eigenvalue weighted by Gasteiger charge is -2.43. The van der Waals surface area contributed by atoms with Gasteiger partial charge in [-0.2, -0.15) is 0 Å². The Balaban J connectivity index is 0.00000288. The van der Waals surface area contributed by atoms with Gasteiger partial charge in [-0.25, -0.2) is 0 Å². The summed E-state index contributed by atoms with van der Waals surface area (Å²) in [5.41, 5.74) is 0. The molecule has 0 radical (unpaired) electrons. The highest BCUT2D eigenvalue weighted by molar-refractivity contribution is 4.98. The van der Waals surface area contributed by atoms with E-state index in [2.05, 4.69) is 0 Å². The summed E-state index contributed by atoms with van der Waals surface area (Å²) in [6.45, 7) is -2.32. The van der Waals surface area contributed by atoms with E-state index in [-0.39, 0.29) is 6.15 Å². The summed E-state index contributed by atoms with van der Waals surface area (Å²) in [4.78, 5) is 0. The Bertz CT molecular complexity index is 399. The molecule has 2 saturated heterocycles. The molecule has 0 amide bonds. The topological polar surface area (TPSA) is 225 Å². The van der Waals surface area contributed by atoms with E-state index in [4.69, 9.17) is 24.4 Å². The molecule has 2 heterocycles. The van der Waals surface area contributed by atoms with Crippen molar-refractivity contribution in [3.63, 3.8) is 0 Å². The molecule has 0 aromatic carbocycles. The second-order valence-corrected chi connectivity index (χ2v) is 5.56. The molecule has 0 bridgehead atoms. The number of hydrogen-bond donors (Lipinski definition) is 9. The molecule has 9 atom stereocenters. The minimum atomic E-state index is -2.22. The van der Waals surface area contributed by atoms with Crippen molar-refractivity contribution in [2.75, 3.05) is 19.8 Å².